The minimum atomic E-state index is 0. The molecule has 3 N–H and O–H groups in total. The van der Waals surface area contributed by atoms with Gasteiger partial charge in [0.15, 0.2) is 5.96 Å². The first kappa shape index (κ1) is 22.2. The lowest BCUT2D eigenvalue weighted by Crippen LogP contribution is -2.40. The zero-order chi connectivity index (χ0) is 17.0. The molecule has 2 aromatic rings. The summed E-state index contributed by atoms with van der Waals surface area (Å²) in [4.78, 5) is 8.48. The van der Waals surface area contributed by atoms with Gasteiger partial charge in [-0.05, 0) is 12.0 Å². The summed E-state index contributed by atoms with van der Waals surface area (Å²) in [5.74, 6) is 1.86. The van der Waals surface area contributed by atoms with Gasteiger partial charge in [-0.1, -0.05) is 42.1 Å². The third-order valence-electron chi connectivity index (χ3n) is 3.48. The van der Waals surface area contributed by atoms with E-state index in [0.29, 0.717) is 6.54 Å². The maximum atomic E-state index is 9.59. The summed E-state index contributed by atoms with van der Waals surface area (Å²) in [6.45, 7) is 1.61. The van der Waals surface area contributed by atoms with E-state index >= 15 is 0 Å². The van der Waals surface area contributed by atoms with E-state index in [1.807, 2.05) is 41.9 Å². The van der Waals surface area contributed by atoms with Crippen LogP contribution in [-0.4, -0.2) is 48.5 Å². The van der Waals surface area contributed by atoms with E-state index in [1.54, 1.807) is 30.1 Å². The number of benzene rings is 1. The van der Waals surface area contributed by atoms with E-state index < -0.39 is 0 Å². The molecule has 0 amide bonds. The number of rotatable bonds is 9. The lowest BCUT2D eigenvalue weighted by Gasteiger charge is -2.18. The van der Waals surface area contributed by atoms with Crippen LogP contribution in [0.3, 0.4) is 0 Å². The highest BCUT2D eigenvalue weighted by molar-refractivity contribution is 14.0. The van der Waals surface area contributed by atoms with Crippen molar-refractivity contribution < 1.29 is 5.11 Å². The van der Waals surface area contributed by atoms with Crippen LogP contribution in [0.4, 0.5) is 0 Å². The van der Waals surface area contributed by atoms with Crippen LogP contribution in [0, 0.1) is 0 Å². The number of aliphatic imine (C=N–C) groups is 1. The minimum Gasteiger partial charge on any atom is -0.396 e. The fraction of sp³-hybridized carbons (Fsp3) is 0.412. The Balaban J connectivity index is 0.00000312. The van der Waals surface area contributed by atoms with E-state index in [2.05, 4.69) is 20.6 Å². The Morgan fingerprint density at radius 3 is 2.76 bits per heavy atom. The summed E-state index contributed by atoms with van der Waals surface area (Å²) in [6, 6.07) is 10.0. The molecule has 1 atom stereocenters. The fourth-order valence-electron chi connectivity index (χ4n) is 2.17. The van der Waals surface area contributed by atoms with Crippen molar-refractivity contribution >= 4 is 53.0 Å². The predicted molar refractivity (Wildman–Crippen MR) is 119 cm³/mol. The van der Waals surface area contributed by atoms with Crippen molar-refractivity contribution in [3.05, 3.63) is 47.5 Å². The van der Waals surface area contributed by atoms with Crippen LogP contribution >= 0.6 is 47.1 Å². The molecule has 0 fully saturated rings. The molecule has 0 bridgehead atoms. The molecule has 2 rings (SSSR count). The van der Waals surface area contributed by atoms with Gasteiger partial charge in [0.05, 0.1) is 6.61 Å². The van der Waals surface area contributed by atoms with Crippen molar-refractivity contribution in [3.63, 3.8) is 0 Å². The predicted octanol–water partition coefficient (Wildman–Crippen LogP) is 3.18. The monoisotopic (exact) mass is 492 g/mol. The van der Waals surface area contributed by atoms with Gasteiger partial charge < -0.3 is 15.7 Å². The zero-order valence-corrected chi connectivity index (χ0v) is 18.2. The van der Waals surface area contributed by atoms with Crippen LogP contribution in [0.5, 0.6) is 0 Å². The molecule has 0 aliphatic rings. The molecule has 1 aromatic carbocycles. The summed E-state index contributed by atoms with van der Waals surface area (Å²) in [5, 5.41) is 18.2. The molecule has 1 aromatic heterocycles. The maximum absolute atomic E-state index is 9.59. The molecule has 1 unspecified atom stereocenters. The van der Waals surface area contributed by atoms with Gasteiger partial charge in [-0.3, -0.25) is 4.99 Å². The van der Waals surface area contributed by atoms with Crippen LogP contribution in [0.1, 0.15) is 17.9 Å². The van der Waals surface area contributed by atoms with E-state index in [1.165, 1.54) is 0 Å². The molecular weight excluding hydrogens is 467 g/mol. The highest BCUT2D eigenvalue weighted by Crippen LogP contribution is 2.20. The second-order valence-electron chi connectivity index (χ2n) is 5.17. The van der Waals surface area contributed by atoms with Crippen molar-refractivity contribution in [3.8, 4) is 0 Å². The molecule has 0 saturated heterocycles. The van der Waals surface area contributed by atoms with Gasteiger partial charge in [0, 0.05) is 43.4 Å². The smallest absolute Gasteiger partial charge is 0.190 e. The Kier molecular flexibility index (Phi) is 11.9. The van der Waals surface area contributed by atoms with E-state index in [-0.39, 0.29) is 36.5 Å². The molecule has 0 radical (unpaired) electrons. The Hall–Kier alpha value is -0.840. The summed E-state index contributed by atoms with van der Waals surface area (Å²) < 4.78 is 1.12. The quantitative estimate of drug-likeness (QED) is 0.165. The van der Waals surface area contributed by atoms with E-state index in [9.17, 15) is 5.11 Å². The lowest BCUT2D eigenvalue weighted by atomic mass is 10.0. The molecular formula is C17H25IN4OS2. The first-order valence-corrected chi connectivity index (χ1v) is 9.82. The van der Waals surface area contributed by atoms with Crippen molar-refractivity contribution in [1.29, 1.82) is 0 Å². The summed E-state index contributed by atoms with van der Waals surface area (Å²) in [6.07, 6.45) is 2.87. The molecule has 8 heteroatoms. The third-order valence-corrected chi connectivity index (χ3v) is 5.53. The Labute approximate surface area is 174 Å². The Morgan fingerprint density at radius 2 is 2.12 bits per heavy atom. The van der Waals surface area contributed by atoms with Crippen molar-refractivity contribution in [1.82, 2.24) is 15.6 Å². The summed E-state index contributed by atoms with van der Waals surface area (Å²) in [7, 11) is 1.76. The van der Waals surface area contributed by atoms with E-state index in [4.69, 9.17) is 0 Å². The number of aromatic nitrogens is 1. The Bertz CT molecular complexity index is 596. The molecule has 0 spiro atoms. The van der Waals surface area contributed by atoms with Gasteiger partial charge >= 0.3 is 0 Å². The largest absolute Gasteiger partial charge is 0.396 e. The van der Waals surface area contributed by atoms with Gasteiger partial charge in [-0.25, -0.2) is 4.98 Å². The summed E-state index contributed by atoms with van der Waals surface area (Å²) >= 11 is 3.45. The molecule has 1 heterocycles. The molecule has 0 aliphatic heterocycles. The van der Waals surface area contributed by atoms with Crippen LogP contribution < -0.4 is 10.6 Å². The summed E-state index contributed by atoms with van der Waals surface area (Å²) in [5.41, 5.74) is 1.13. The van der Waals surface area contributed by atoms with Crippen LogP contribution in [0.15, 0.2) is 51.2 Å². The number of guanidine groups is 1. The SMILES string of the molecule is CN=C(NCCCSc1nccs1)NCC(CO)c1ccccc1.I. The average Bonchev–Trinajstić information content (AvgIpc) is 3.14. The molecule has 0 saturated carbocycles. The first-order valence-electron chi connectivity index (χ1n) is 7.96. The fourth-order valence-corrected chi connectivity index (χ4v) is 3.82. The molecule has 138 valence electrons. The second kappa shape index (κ2) is 13.4. The van der Waals surface area contributed by atoms with E-state index in [0.717, 1.165) is 34.6 Å². The van der Waals surface area contributed by atoms with Gasteiger partial charge in [-0.15, -0.1) is 35.3 Å². The van der Waals surface area contributed by atoms with Crippen LogP contribution in [-0.2, 0) is 0 Å². The van der Waals surface area contributed by atoms with Gasteiger partial charge in [0.25, 0.3) is 0 Å². The number of nitrogens with zero attached hydrogens (tertiary/aromatic N) is 2. The number of hydrogen-bond acceptors (Lipinski definition) is 5. The van der Waals surface area contributed by atoms with Crippen molar-refractivity contribution in [2.24, 2.45) is 4.99 Å². The maximum Gasteiger partial charge on any atom is 0.190 e. The van der Waals surface area contributed by atoms with Crippen LogP contribution in [0.2, 0.25) is 0 Å². The standard InChI is InChI=1S/C17H24N4OS2.HI/c1-18-16(19-8-5-10-23-17-20-9-11-24-17)21-12-15(13-22)14-6-3-2-4-7-14;/h2-4,6-7,9,11,15,22H,5,8,10,12-13H2,1H3,(H2,18,19,21);1H. The molecule has 0 aliphatic carbocycles. The van der Waals surface area contributed by atoms with Gasteiger partial charge in [0.2, 0.25) is 0 Å². The van der Waals surface area contributed by atoms with Crippen molar-refractivity contribution in [2.75, 3.05) is 32.5 Å². The molecule has 5 nitrogen and oxygen atoms in total. The molecule has 25 heavy (non-hydrogen) atoms. The number of thiazole rings is 1. The first-order chi connectivity index (χ1) is 11.8. The number of thioether (sulfide) groups is 1. The number of hydrogen-bond donors (Lipinski definition) is 3. The topological polar surface area (TPSA) is 69.5 Å². The second-order valence-corrected chi connectivity index (χ2v) is 7.41. The Morgan fingerprint density at radius 1 is 1.32 bits per heavy atom. The number of nitrogens with one attached hydrogen (secondary N) is 2. The van der Waals surface area contributed by atoms with Gasteiger partial charge in [0.1, 0.15) is 4.34 Å². The number of aliphatic hydroxyl groups excluding tert-OH is 1. The highest BCUT2D eigenvalue weighted by Gasteiger charge is 2.10. The van der Waals surface area contributed by atoms with Crippen molar-refractivity contribution in [2.45, 2.75) is 16.7 Å². The third kappa shape index (κ3) is 8.39. The minimum absolute atomic E-state index is 0. The van der Waals surface area contributed by atoms with Crippen LogP contribution in [0.25, 0.3) is 0 Å². The highest BCUT2D eigenvalue weighted by atomic mass is 127. The normalized spacial score (nSPS) is 12.3. The number of aliphatic hydroxyl groups is 1. The lowest BCUT2D eigenvalue weighted by molar-refractivity contribution is 0.265. The average molecular weight is 492 g/mol. The number of halogens is 1. The van der Waals surface area contributed by atoms with Gasteiger partial charge in [-0.2, -0.15) is 0 Å². The zero-order valence-electron chi connectivity index (χ0n) is 14.2.